The lowest BCUT2D eigenvalue weighted by atomic mass is 10.1. The number of nitriles is 1. The smallest absolute Gasteiger partial charge is 0.123 e. The minimum absolute atomic E-state index is 0.299. The highest BCUT2D eigenvalue weighted by Crippen LogP contribution is 2.23. The second-order valence-electron chi connectivity index (χ2n) is 6.21. The molecule has 130 valence electrons. The Morgan fingerprint density at radius 2 is 1.60 bits per heavy atom. The molecule has 0 spiro atoms. The van der Waals surface area contributed by atoms with Crippen LogP contribution >= 0.6 is 23.2 Å². The fourth-order valence-electron chi connectivity index (χ4n) is 3.04. The summed E-state index contributed by atoms with van der Waals surface area (Å²) in [4.78, 5) is 4.60. The summed E-state index contributed by atoms with van der Waals surface area (Å²) in [5.74, 6) is -0.299. The molecular weight excluding hydrogens is 360 g/mol. The lowest BCUT2D eigenvalue weighted by Gasteiger charge is -2.35. The fourth-order valence-corrected chi connectivity index (χ4v) is 3.37. The summed E-state index contributed by atoms with van der Waals surface area (Å²) in [6.45, 7) is 5.01. The first-order chi connectivity index (χ1) is 12.0. The molecule has 2 aromatic rings. The van der Waals surface area contributed by atoms with E-state index in [4.69, 9.17) is 28.5 Å². The second kappa shape index (κ2) is 8.16. The summed E-state index contributed by atoms with van der Waals surface area (Å²) in [5, 5.41) is 10.3. The lowest BCUT2D eigenvalue weighted by molar-refractivity contribution is 0.122. The van der Waals surface area contributed by atoms with Crippen LogP contribution in [0.5, 0.6) is 0 Å². The molecule has 3 nitrogen and oxygen atoms in total. The predicted molar refractivity (Wildman–Crippen MR) is 98.1 cm³/mol. The molecule has 3 rings (SSSR count). The molecule has 6 heteroatoms. The molecule has 1 aliphatic rings. The Bertz CT molecular complexity index is 796. The summed E-state index contributed by atoms with van der Waals surface area (Å²) >= 11 is 12.0. The van der Waals surface area contributed by atoms with Gasteiger partial charge in [0.1, 0.15) is 5.82 Å². The van der Waals surface area contributed by atoms with Gasteiger partial charge in [0.25, 0.3) is 0 Å². The third-order valence-electron chi connectivity index (χ3n) is 4.44. The molecule has 25 heavy (non-hydrogen) atoms. The van der Waals surface area contributed by atoms with Gasteiger partial charge in [-0.25, -0.2) is 4.39 Å². The van der Waals surface area contributed by atoms with Crippen LogP contribution in [-0.4, -0.2) is 36.0 Å². The van der Waals surface area contributed by atoms with Gasteiger partial charge in [0, 0.05) is 39.3 Å². The van der Waals surface area contributed by atoms with E-state index in [1.165, 1.54) is 12.1 Å². The molecular formula is C19H18Cl2FN3. The van der Waals surface area contributed by atoms with Crippen LogP contribution in [0.2, 0.25) is 10.0 Å². The molecule has 0 aromatic heterocycles. The summed E-state index contributed by atoms with van der Waals surface area (Å²) in [7, 11) is 0. The third kappa shape index (κ3) is 4.71. The number of benzene rings is 2. The van der Waals surface area contributed by atoms with Gasteiger partial charge in [-0.1, -0.05) is 29.3 Å². The molecule has 1 aliphatic heterocycles. The van der Waals surface area contributed by atoms with Crippen molar-refractivity contribution in [2.75, 3.05) is 26.2 Å². The number of rotatable bonds is 4. The van der Waals surface area contributed by atoms with E-state index < -0.39 is 0 Å². The predicted octanol–water partition coefficient (Wildman–Crippen LogP) is 4.32. The zero-order valence-electron chi connectivity index (χ0n) is 13.7. The molecule has 1 fully saturated rings. The van der Waals surface area contributed by atoms with Crippen molar-refractivity contribution in [1.29, 1.82) is 5.26 Å². The van der Waals surface area contributed by atoms with Gasteiger partial charge in [-0.15, -0.1) is 0 Å². The van der Waals surface area contributed by atoms with E-state index in [1.807, 2.05) is 18.2 Å². The highest BCUT2D eigenvalue weighted by molar-refractivity contribution is 6.42. The molecule has 0 amide bonds. The van der Waals surface area contributed by atoms with Crippen molar-refractivity contribution in [2.24, 2.45) is 0 Å². The highest BCUT2D eigenvalue weighted by Gasteiger charge is 2.18. The number of halogens is 3. The monoisotopic (exact) mass is 377 g/mol. The molecule has 1 heterocycles. The zero-order chi connectivity index (χ0) is 17.8. The Labute approximate surface area is 157 Å². The van der Waals surface area contributed by atoms with Crippen LogP contribution < -0.4 is 0 Å². The Morgan fingerprint density at radius 1 is 0.920 bits per heavy atom. The molecule has 0 N–H and O–H groups in total. The number of hydrogen-bond donors (Lipinski definition) is 0. The van der Waals surface area contributed by atoms with Crippen molar-refractivity contribution >= 4 is 23.2 Å². The maximum Gasteiger partial charge on any atom is 0.123 e. The second-order valence-corrected chi connectivity index (χ2v) is 7.03. The Balaban J connectivity index is 1.56. The minimum Gasteiger partial charge on any atom is -0.297 e. The third-order valence-corrected chi connectivity index (χ3v) is 5.18. The van der Waals surface area contributed by atoms with Crippen LogP contribution in [0, 0.1) is 17.1 Å². The van der Waals surface area contributed by atoms with Gasteiger partial charge in [0.15, 0.2) is 0 Å². The van der Waals surface area contributed by atoms with E-state index >= 15 is 0 Å². The van der Waals surface area contributed by atoms with Crippen molar-refractivity contribution in [3.63, 3.8) is 0 Å². The first-order valence-electron chi connectivity index (χ1n) is 8.12. The first kappa shape index (κ1) is 18.2. The van der Waals surface area contributed by atoms with Crippen molar-refractivity contribution in [2.45, 2.75) is 13.1 Å². The number of piperazine rings is 1. The van der Waals surface area contributed by atoms with Gasteiger partial charge in [0.05, 0.1) is 21.7 Å². The van der Waals surface area contributed by atoms with Crippen molar-refractivity contribution < 1.29 is 4.39 Å². The maximum atomic E-state index is 13.4. The van der Waals surface area contributed by atoms with Gasteiger partial charge in [-0.3, -0.25) is 9.80 Å². The van der Waals surface area contributed by atoms with Gasteiger partial charge in [0.2, 0.25) is 0 Å². The van der Waals surface area contributed by atoms with Crippen LogP contribution in [0.3, 0.4) is 0 Å². The lowest BCUT2D eigenvalue weighted by Crippen LogP contribution is -2.45. The molecule has 1 saturated heterocycles. The van der Waals surface area contributed by atoms with Gasteiger partial charge in [-0.2, -0.15) is 5.26 Å². The van der Waals surface area contributed by atoms with Crippen LogP contribution in [0.4, 0.5) is 4.39 Å². The molecule has 0 radical (unpaired) electrons. The van der Waals surface area contributed by atoms with Crippen molar-refractivity contribution in [3.05, 3.63) is 69.0 Å². The van der Waals surface area contributed by atoms with Crippen molar-refractivity contribution in [1.82, 2.24) is 9.80 Å². The van der Waals surface area contributed by atoms with E-state index in [9.17, 15) is 4.39 Å². The summed E-state index contributed by atoms with van der Waals surface area (Å²) < 4.78 is 13.4. The zero-order valence-corrected chi connectivity index (χ0v) is 15.2. The van der Waals surface area contributed by atoms with Crippen LogP contribution in [0.15, 0.2) is 36.4 Å². The quantitative estimate of drug-likeness (QED) is 0.794. The first-order valence-corrected chi connectivity index (χ1v) is 8.88. The summed E-state index contributed by atoms with van der Waals surface area (Å²) in [5.41, 5.74) is 2.43. The van der Waals surface area contributed by atoms with E-state index in [1.54, 1.807) is 6.07 Å². The summed E-state index contributed by atoms with van der Waals surface area (Å²) in [6.07, 6.45) is 0. The molecule has 0 atom stereocenters. The standard InChI is InChI=1S/C19H18Cl2FN3/c20-18-4-1-14(9-19(18)21)12-24-5-7-25(8-6-24)13-16-10-17(22)3-2-15(16)11-23/h1-4,9-10H,5-8,12-13H2. The van der Waals surface area contributed by atoms with Gasteiger partial charge < -0.3 is 0 Å². The number of hydrogen-bond acceptors (Lipinski definition) is 3. The van der Waals surface area contributed by atoms with Crippen LogP contribution in [0.25, 0.3) is 0 Å². The van der Waals surface area contributed by atoms with Gasteiger partial charge >= 0.3 is 0 Å². The Kier molecular flexibility index (Phi) is 5.93. The molecule has 0 bridgehead atoms. The minimum atomic E-state index is -0.299. The molecule has 0 aliphatic carbocycles. The SMILES string of the molecule is N#Cc1ccc(F)cc1CN1CCN(Cc2ccc(Cl)c(Cl)c2)CC1. The van der Waals surface area contributed by atoms with Crippen molar-refractivity contribution in [3.8, 4) is 6.07 Å². The molecule has 0 saturated carbocycles. The van der Waals surface area contributed by atoms with E-state index in [0.717, 1.165) is 43.9 Å². The largest absolute Gasteiger partial charge is 0.297 e. The maximum absolute atomic E-state index is 13.4. The average Bonchev–Trinajstić information content (AvgIpc) is 2.60. The highest BCUT2D eigenvalue weighted by atomic mass is 35.5. The van der Waals surface area contributed by atoms with E-state index in [2.05, 4.69) is 15.9 Å². The topological polar surface area (TPSA) is 30.3 Å². The fraction of sp³-hybridized carbons (Fsp3) is 0.316. The van der Waals surface area contributed by atoms with E-state index in [0.29, 0.717) is 22.2 Å². The molecule has 2 aromatic carbocycles. The number of nitrogens with zero attached hydrogens (tertiary/aromatic N) is 3. The molecule has 0 unspecified atom stereocenters. The summed E-state index contributed by atoms with van der Waals surface area (Å²) in [6, 6.07) is 12.2. The van der Waals surface area contributed by atoms with Gasteiger partial charge in [-0.05, 0) is 41.5 Å². The van der Waals surface area contributed by atoms with E-state index in [-0.39, 0.29) is 5.82 Å². The Morgan fingerprint density at radius 3 is 2.24 bits per heavy atom. The normalized spacial score (nSPS) is 15.9. The Hall–Kier alpha value is -1.64. The van der Waals surface area contributed by atoms with Crippen LogP contribution in [-0.2, 0) is 13.1 Å². The van der Waals surface area contributed by atoms with Crippen LogP contribution in [0.1, 0.15) is 16.7 Å². The average molecular weight is 378 g/mol.